The highest BCUT2D eigenvalue weighted by Gasteiger charge is 2.06. The second-order valence-electron chi connectivity index (χ2n) is 5.25. The molecule has 0 atom stereocenters. The van der Waals surface area contributed by atoms with Gasteiger partial charge in [-0.25, -0.2) is 4.39 Å². The van der Waals surface area contributed by atoms with E-state index in [0.717, 1.165) is 5.56 Å². The smallest absolute Gasteiger partial charge is 0.237 e. The second kappa shape index (κ2) is 7.77. The maximum Gasteiger partial charge on any atom is 0.237 e. The summed E-state index contributed by atoms with van der Waals surface area (Å²) in [7, 11) is 0. The fraction of sp³-hybridized carbons (Fsp3) is 0. The van der Waals surface area contributed by atoms with Crippen LogP contribution in [0, 0.1) is 29.5 Å². The van der Waals surface area contributed by atoms with Gasteiger partial charge in [0.25, 0.3) is 0 Å². The van der Waals surface area contributed by atoms with Gasteiger partial charge in [0.15, 0.2) is 0 Å². The van der Waals surface area contributed by atoms with Gasteiger partial charge in [-0.1, -0.05) is 48.1 Å². The van der Waals surface area contributed by atoms with Crippen LogP contribution in [0.1, 0.15) is 27.0 Å². The highest BCUT2D eigenvalue weighted by molar-refractivity contribution is 6.10. The number of hydrogen-bond donors (Lipinski definition) is 0. The third-order valence-corrected chi connectivity index (χ3v) is 3.45. The van der Waals surface area contributed by atoms with Crippen LogP contribution >= 0.6 is 0 Å². The number of Topliss-reactive ketones (excluding diaryl/α,β-unsaturated/α-hetero) is 1. The van der Waals surface area contributed by atoms with Crippen molar-refractivity contribution in [3.05, 3.63) is 107 Å². The highest BCUT2D eigenvalue weighted by atomic mass is 19.1. The van der Waals surface area contributed by atoms with Gasteiger partial charge in [0.1, 0.15) is 5.82 Å². The molecule has 0 radical (unpaired) electrons. The molecule has 0 amide bonds. The second-order valence-corrected chi connectivity index (χ2v) is 5.25. The van der Waals surface area contributed by atoms with E-state index in [4.69, 9.17) is 0 Å². The molecule has 25 heavy (non-hydrogen) atoms. The number of benzene rings is 3. The Morgan fingerprint density at radius 3 is 2.08 bits per heavy atom. The van der Waals surface area contributed by atoms with Gasteiger partial charge < -0.3 is 0 Å². The molecule has 0 saturated carbocycles. The number of carbonyl (C=O) groups excluding carboxylic acids is 1. The van der Waals surface area contributed by atoms with Crippen LogP contribution in [0.3, 0.4) is 0 Å². The van der Waals surface area contributed by atoms with Crippen LogP contribution in [0.25, 0.3) is 0 Å². The first-order valence-electron chi connectivity index (χ1n) is 7.70. The Morgan fingerprint density at radius 2 is 1.32 bits per heavy atom. The summed E-state index contributed by atoms with van der Waals surface area (Å²) in [6.45, 7) is 0. The van der Waals surface area contributed by atoms with E-state index in [2.05, 4.69) is 23.7 Å². The molecule has 0 N–H and O–H groups in total. The number of rotatable bonds is 1. The molecule has 1 nitrogen and oxygen atoms in total. The normalized spacial score (nSPS) is 9.32. The van der Waals surface area contributed by atoms with Crippen molar-refractivity contribution in [1.82, 2.24) is 0 Å². The van der Waals surface area contributed by atoms with Gasteiger partial charge >= 0.3 is 0 Å². The maximum absolute atomic E-state index is 12.9. The first-order chi connectivity index (χ1) is 12.2. The monoisotopic (exact) mass is 324 g/mol. The van der Waals surface area contributed by atoms with Crippen molar-refractivity contribution in [3.63, 3.8) is 0 Å². The Labute approximate surface area is 146 Å². The summed E-state index contributed by atoms with van der Waals surface area (Å²) in [5.41, 5.74) is 2.55. The molecule has 0 spiro atoms. The van der Waals surface area contributed by atoms with Crippen molar-refractivity contribution in [2.75, 3.05) is 0 Å². The van der Waals surface area contributed by atoms with Gasteiger partial charge in [-0.05, 0) is 54.5 Å². The molecule has 0 bridgehead atoms. The van der Waals surface area contributed by atoms with Crippen LogP contribution in [0.2, 0.25) is 0 Å². The fourth-order valence-corrected chi connectivity index (χ4v) is 2.18. The summed E-state index contributed by atoms with van der Waals surface area (Å²) in [5, 5.41) is 0. The van der Waals surface area contributed by atoms with Gasteiger partial charge in [0.2, 0.25) is 5.78 Å². The van der Waals surface area contributed by atoms with Crippen LogP contribution in [-0.2, 0) is 0 Å². The van der Waals surface area contributed by atoms with Crippen molar-refractivity contribution in [2.45, 2.75) is 0 Å². The third kappa shape index (κ3) is 4.44. The Morgan fingerprint density at radius 1 is 0.680 bits per heavy atom. The van der Waals surface area contributed by atoms with E-state index in [1.807, 2.05) is 36.4 Å². The molecule has 3 rings (SSSR count). The minimum atomic E-state index is -0.335. The zero-order valence-electron chi connectivity index (χ0n) is 13.3. The standard InChI is InChI=1S/C23H13FO/c24-21-15-11-19(12-16-21)13-17-23(25)22-9-5-4-8-20(22)14-10-18-6-2-1-3-7-18/h1-9,11-12,15-16H. The molecule has 3 aromatic carbocycles. The van der Waals surface area contributed by atoms with Crippen molar-refractivity contribution >= 4 is 5.78 Å². The van der Waals surface area contributed by atoms with Gasteiger partial charge in [-0.15, -0.1) is 0 Å². The molecule has 0 saturated heterocycles. The van der Waals surface area contributed by atoms with Gasteiger partial charge in [-0.2, -0.15) is 0 Å². The Kier molecular flexibility index (Phi) is 5.05. The highest BCUT2D eigenvalue weighted by Crippen LogP contribution is 2.09. The van der Waals surface area contributed by atoms with Gasteiger partial charge in [-0.3, -0.25) is 4.79 Å². The Bertz CT molecular complexity index is 1010. The lowest BCUT2D eigenvalue weighted by Gasteiger charge is -1.98. The summed E-state index contributed by atoms with van der Waals surface area (Å²) < 4.78 is 12.9. The molecule has 0 unspecified atom stereocenters. The summed E-state index contributed by atoms with van der Waals surface area (Å²) in [5.74, 6) is 10.8. The zero-order valence-corrected chi connectivity index (χ0v) is 13.3. The van der Waals surface area contributed by atoms with Crippen molar-refractivity contribution in [3.8, 4) is 23.7 Å². The van der Waals surface area contributed by atoms with Crippen LogP contribution in [0.5, 0.6) is 0 Å². The Balaban J connectivity index is 1.87. The molecule has 0 fully saturated rings. The predicted octanol–water partition coefficient (Wildman–Crippen LogP) is 4.46. The molecule has 0 aliphatic heterocycles. The molecular formula is C23H13FO. The summed E-state index contributed by atoms with van der Waals surface area (Å²) in [6, 6.07) is 22.4. The molecular weight excluding hydrogens is 311 g/mol. The third-order valence-electron chi connectivity index (χ3n) is 3.45. The first kappa shape index (κ1) is 16.2. The lowest BCUT2D eigenvalue weighted by atomic mass is 10.0. The van der Waals surface area contributed by atoms with E-state index in [1.54, 1.807) is 18.2 Å². The van der Waals surface area contributed by atoms with Crippen molar-refractivity contribution in [1.29, 1.82) is 0 Å². The van der Waals surface area contributed by atoms with E-state index in [1.165, 1.54) is 24.3 Å². The largest absolute Gasteiger partial charge is 0.279 e. The number of halogens is 1. The summed E-state index contributed by atoms with van der Waals surface area (Å²) in [6.07, 6.45) is 0. The van der Waals surface area contributed by atoms with E-state index >= 15 is 0 Å². The molecule has 0 aromatic heterocycles. The quantitative estimate of drug-likeness (QED) is 0.477. The van der Waals surface area contributed by atoms with Gasteiger partial charge in [0, 0.05) is 22.3 Å². The van der Waals surface area contributed by atoms with Crippen LogP contribution in [0.4, 0.5) is 4.39 Å². The fourth-order valence-electron chi connectivity index (χ4n) is 2.18. The summed E-state index contributed by atoms with van der Waals surface area (Å²) >= 11 is 0. The number of hydrogen-bond acceptors (Lipinski definition) is 1. The average Bonchev–Trinajstić information content (AvgIpc) is 2.67. The average molecular weight is 324 g/mol. The lowest BCUT2D eigenvalue weighted by molar-refractivity contribution is 0.105. The van der Waals surface area contributed by atoms with Gasteiger partial charge in [0.05, 0.1) is 0 Å². The molecule has 0 heterocycles. The van der Waals surface area contributed by atoms with Crippen molar-refractivity contribution < 1.29 is 9.18 Å². The molecule has 0 aliphatic rings. The molecule has 2 heteroatoms. The van der Waals surface area contributed by atoms with E-state index in [-0.39, 0.29) is 11.6 Å². The lowest BCUT2D eigenvalue weighted by Crippen LogP contribution is -1.98. The van der Waals surface area contributed by atoms with E-state index in [0.29, 0.717) is 16.7 Å². The molecule has 118 valence electrons. The minimum absolute atomic E-state index is 0.317. The molecule has 0 aliphatic carbocycles. The van der Waals surface area contributed by atoms with Crippen LogP contribution < -0.4 is 0 Å². The van der Waals surface area contributed by atoms with Crippen LogP contribution in [-0.4, -0.2) is 5.78 Å². The summed E-state index contributed by atoms with van der Waals surface area (Å²) in [4.78, 5) is 12.4. The predicted molar refractivity (Wildman–Crippen MR) is 96.5 cm³/mol. The number of carbonyl (C=O) groups is 1. The minimum Gasteiger partial charge on any atom is -0.279 e. The number of ketones is 1. The first-order valence-corrected chi connectivity index (χ1v) is 7.70. The Hall–Kier alpha value is -3.62. The van der Waals surface area contributed by atoms with E-state index in [9.17, 15) is 9.18 Å². The van der Waals surface area contributed by atoms with Crippen molar-refractivity contribution in [2.24, 2.45) is 0 Å². The maximum atomic E-state index is 12.9. The topological polar surface area (TPSA) is 17.1 Å². The molecule has 3 aromatic rings. The SMILES string of the molecule is O=C(C#Cc1ccc(F)cc1)c1ccccc1C#Cc1ccccc1. The van der Waals surface area contributed by atoms with E-state index < -0.39 is 0 Å². The zero-order chi connectivity index (χ0) is 17.5. The van der Waals surface area contributed by atoms with Crippen LogP contribution in [0.15, 0.2) is 78.9 Å².